The fourth-order valence-electron chi connectivity index (χ4n) is 1.06. The van der Waals surface area contributed by atoms with Crippen molar-refractivity contribution >= 4 is 34.3 Å². The lowest BCUT2D eigenvalue weighted by atomic mass is 9.98. The lowest BCUT2D eigenvalue weighted by Gasteiger charge is -2.17. The van der Waals surface area contributed by atoms with E-state index in [4.69, 9.17) is 0 Å². The van der Waals surface area contributed by atoms with Gasteiger partial charge in [0.15, 0.2) is 5.78 Å². The average Bonchev–Trinajstić information content (AvgIpc) is 1.99. The third kappa shape index (κ3) is 1.76. The minimum absolute atomic E-state index is 0.0357. The number of hydrogen-bond acceptors (Lipinski definition) is 2. The summed E-state index contributed by atoms with van der Waals surface area (Å²) in [7, 11) is 0. The molecule has 0 spiro atoms. The zero-order valence-electron chi connectivity index (χ0n) is 6.01. The summed E-state index contributed by atoms with van der Waals surface area (Å²) in [6.45, 7) is 3.57. The quantitative estimate of drug-likeness (QED) is 0.544. The molecular formula is C8H9BrOS. The molecular weight excluding hydrogens is 224 g/mol. The van der Waals surface area contributed by atoms with Gasteiger partial charge in [-0.15, -0.1) is 12.6 Å². The molecule has 1 aliphatic rings. The van der Waals surface area contributed by atoms with Gasteiger partial charge in [0.1, 0.15) is 0 Å². The van der Waals surface area contributed by atoms with E-state index in [2.05, 4.69) is 35.1 Å². The van der Waals surface area contributed by atoms with Crippen molar-refractivity contribution < 1.29 is 4.79 Å². The van der Waals surface area contributed by atoms with Gasteiger partial charge in [-0.3, -0.25) is 4.79 Å². The van der Waals surface area contributed by atoms with Crippen LogP contribution in [0.25, 0.3) is 0 Å². The van der Waals surface area contributed by atoms with Crippen LogP contribution in [0.15, 0.2) is 23.1 Å². The van der Waals surface area contributed by atoms with Crippen LogP contribution >= 0.6 is 28.6 Å². The van der Waals surface area contributed by atoms with Crippen molar-refractivity contribution in [1.29, 1.82) is 0 Å². The Labute approximate surface area is 80.1 Å². The van der Waals surface area contributed by atoms with Gasteiger partial charge >= 0.3 is 0 Å². The number of carbonyl (C=O) groups is 1. The van der Waals surface area contributed by atoms with Crippen LogP contribution in [0.3, 0.4) is 0 Å². The van der Waals surface area contributed by atoms with Crippen LogP contribution in [0.1, 0.15) is 12.8 Å². The zero-order chi connectivity index (χ0) is 8.43. The molecule has 0 amide bonds. The molecule has 3 heteroatoms. The molecule has 1 nitrogen and oxygen atoms in total. The molecule has 1 aliphatic carbocycles. The van der Waals surface area contributed by atoms with Gasteiger partial charge in [-0.1, -0.05) is 28.6 Å². The van der Waals surface area contributed by atoms with Crippen LogP contribution in [0.2, 0.25) is 0 Å². The fourth-order valence-corrected chi connectivity index (χ4v) is 1.86. The number of thiol groups is 1. The smallest absolute Gasteiger partial charge is 0.177 e. The van der Waals surface area contributed by atoms with Gasteiger partial charge < -0.3 is 0 Å². The lowest BCUT2D eigenvalue weighted by molar-refractivity contribution is -0.115. The highest BCUT2D eigenvalue weighted by Crippen LogP contribution is 2.28. The van der Waals surface area contributed by atoms with E-state index in [1.54, 1.807) is 6.08 Å². The Morgan fingerprint density at radius 2 is 2.36 bits per heavy atom. The average molecular weight is 233 g/mol. The molecule has 1 atom stereocenters. The van der Waals surface area contributed by atoms with Gasteiger partial charge in [0, 0.05) is 5.57 Å². The number of ketones is 1. The van der Waals surface area contributed by atoms with Crippen LogP contribution in [-0.4, -0.2) is 10.6 Å². The predicted octanol–water partition coefficient (Wildman–Crippen LogP) is 2.48. The largest absolute Gasteiger partial charge is 0.293 e. The van der Waals surface area contributed by atoms with Crippen molar-refractivity contribution in [3.05, 3.63) is 23.1 Å². The second kappa shape index (κ2) is 3.59. The highest BCUT2D eigenvalue weighted by atomic mass is 79.9. The molecule has 0 heterocycles. The van der Waals surface area contributed by atoms with Crippen LogP contribution < -0.4 is 0 Å². The predicted molar refractivity (Wildman–Crippen MR) is 53.2 cm³/mol. The molecule has 1 unspecified atom stereocenters. The Hall–Kier alpha value is -0.0200. The summed E-state index contributed by atoms with van der Waals surface area (Å²) in [5.41, 5.74) is 0.668. The summed E-state index contributed by atoms with van der Waals surface area (Å²) in [6.07, 6.45) is 3.29. The van der Waals surface area contributed by atoms with Crippen molar-refractivity contribution in [2.75, 3.05) is 0 Å². The molecule has 0 aromatic heterocycles. The van der Waals surface area contributed by atoms with E-state index in [0.29, 0.717) is 5.57 Å². The van der Waals surface area contributed by atoms with Crippen molar-refractivity contribution in [2.24, 2.45) is 0 Å². The third-order valence-electron chi connectivity index (χ3n) is 1.70. The summed E-state index contributed by atoms with van der Waals surface area (Å²) in [6, 6.07) is 0. The summed E-state index contributed by atoms with van der Waals surface area (Å²) < 4.78 is 0. The monoisotopic (exact) mass is 232 g/mol. The molecule has 0 bridgehead atoms. The number of alkyl halides is 1. The first-order valence-electron chi connectivity index (χ1n) is 3.39. The molecule has 0 radical (unpaired) electrons. The Bertz CT molecular complexity index is 232. The first kappa shape index (κ1) is 9.07. The Balaban J connectivity index is 2.98. The van der Waals surface area contributed by atoms with Gasteiger partial charge in [-0.05, 0) is 17.7 Å². The van der Waals surface area contributed by atoms with Crippen molar-refractivity contribution in [1.82, 2.24) is 0 Å². The fraction of sp³-hybridized carbons (Fsp3) is 0.375. The van der Waals surface area contributed by atoms with Crippen molar-refractivity contribution in [3.8, 4) is 0 Å². The van der Waals surface area contributed by atoms with Crippen molar-refractivity contribution in [2.45, 2.75) is 17.7 Å². The first-order valence-corrected chi connectivity index (χ1v) is 4.76. The van der Waals surface area contributed by atoms with Crippen molar-refractivity contribution in [3.63, 3.8) is 0 Å². The number of allylic oxidation sites excluding steroid dienone is 3. The maximum atomic E-state index is 11.3. The van der Waals surface area contributed by atoms with E-state index in [1.807, 2.05) is 0 Å². The second-order valence-electron chi connectivity index (χ2n) is 2.43. The van der Waals surface area contributed by atoms with E-state index in [0.717, 1.165) is 17.7 Å². The van der Waals surface area contributed by atoms with Crippen LogP contribution in [-0.2, 0) is 4.79 Å². The molecule has 1 rings (SSSR count). The molecule has 60 valence electrons. The maximum absolute atomic E-state index is 11.3. The number of hydrogen-bond donors (Lipinski definition) is 1. The summed E-state index contributed by atoms with van der Waals surface area (Å²) in [5.74, 6) is 0.108. The summed E-state index contributed by atoms with van der Waals surface area (Å²) >= 11 is 7.50. The zero-order valence-corrected chi connectivity index (χ0v) is 8.49. The minimum atomic E-state index is -0.0357. The summed E-state index contributed by atoms with van der Waals surface area (Å²) in [5, 5.41) is 0. The van der Waals surface area contributed by atoms with Gasteiger partial charge in [0.2, 0.25) is 0 Å². The summed E-state index contributed by atoms with van der Waals surface area (Å²) in [4.78, 5) is 12.2. The third-order valence-corrected chi connectivity index (χ3v) is 3.04. The van der Waals surface area contributed by atoms with Crippen LogP contribution in [0.5, 0.6) is 0 Å². The molecule has 0 N–H and O–H groups in total. The molecule has 0 aromatic carbocycles. The number of rotatable bonds is 1. The van der Waals surface area contributed by atoms with Gasteiger partial charge in [-0.25, -0.2) is 0 Å². The van der Waals surface area contributed by atoms with Gasteiger partial charge in [0.25, 0.3) is 0 Å². The standard InChI is InChI=1S/C8H9BrOS/c1-2-5-7(11)4-3-6(9)8(5)10/h2,6,11H,1,3-4H2. The van der Waals surface area contributed by atoms with E-state index in [9.17, 15) is 4.79 Å². The van der Waals surface area contributed by atoms with E-state index in [-0.39, 0.29) is 10.6 Å². The molecule has 0 aliphatic heterocycles. The Kier molecular flexibility index (Phi) is 2.96. The number of Topliss-reactive ketones (excluding diaryl/α,β-unsaturated/α-hetero) is 1. The van der Waals surface area contributed by atoms with Crippen LogP contribution in [0.4, 0.5) is 0 Å². The van der Waals surface area contributed by atoms with E-state index < -0.39 is 0 Å². The van der Waals surface area contributed by atoms with Gasteiger partial charge in [-0.2, -0.15) is 0 Å². The number of carbonyl (C=O) groups excluding carboxylic acids is 1. The van der Waals surface area contributed by atoms with Crippen LogP contribution in [0, 0.1) is 0 Å². The van der Waals surface area contributed by atoms with Gasteiger partial charge in [0.05, 0.1) is 4.83 Å². The Morgan fingerprint density at radius 3 is 2.82 bits per heavy atom. The molecule has 0 aromatic rings. The van der Waals surface area contributed by atoms with E-state index >= 15 is 0 Å². The lowest BCUT2D eigenvalue weighted by Crippen LogP contribution is -2.20. The first-order chi connectivity index (χ1) is 5.16. The highest BCUT2D eigenvalue weighted by Gasteiger charge is 2.24. The second-order valence-corrected chi connectivity index (χ2v) is 4.08. The molecule has 0 fully saturated rings. The normalized spacial score (nSPS) is 25.6. The SMILES string of the molecule is C=CC1=C(S)CCC(Br)C1=O. The highest BCUT2D eigenvalue weighted by molar-refractivity contribution is 9.10. The molecule has 11 heavy (non-hydrogen) atoms. The Morgan fingerprint density at radius 1 is 1.73 bits per heavy atom. The number of halogens is 1. The molecule has 0 saturated heterocycles. The maximum Gasteiger partial charge on any atom is 0.177 e. The molecule has 0 saturated carbocycles. The van der Waals surface area contributed by atoms with E-state index in [1.165, 1.54) is 0 Å². The minimum Gasteiger partial charge on any atom is -0.293 e. The topological polar surface area (TPSA) is 17.1 Å².